The summed E-state index contributed by atoms with van der Waals surface area (Å²) in [5.41, 5.74) is 0. The molecular weight excluding hydrogens is 232 g/mol. The quantitative estimate of drug-likeness (QED) is 0.433. The highest BCUT2D eigenvalue weighted by Gasteiger charge is 2.02. The smallest absolute Gasteiger partial charge is 0.377 e. The first kappa shape index (κ1) is 11.3. The first-order valence-electron chi connectivity index (χ1n) is 1.93. The third kappa shape index (κ3) is 10.3. The van der Waals surface area contributed by atoms with Gasteiger partial charge in [0, 0.05) is 0 Å². The average molecular weight is 234 g/mol. The number of carboxylic acid groups (broad SMARTS) is 2. The van der Waals surface area contributed by atoms with Gasteiger partial charge in [0.2, 0.25) is 0 Å². The van der Waals surface area contributed by atoms with Gasteiger partial charge in [-0.1, -0.05) is 0 Å². The maximum absolute atomic E-state index is 9.83. The molecule has 0 unspecified atom stereocenters. The van der Waals surface area contributed by atoms with Gasteiger partial charge in [-0.25, -0.2) is 13.2 Å². The first-order valence-corrected chi connectivity index (χ1v) is 6.08. The summed E-state index contributed by atoms with van der Waals surface area (Å²) in [6, 6.07) is 0. The monoisotopic (exact) mass is 234 g/mol. The van der Waals surface area contributed by atoms with Gasteiger partial charge < -0.3 is 10.2 Å². The maximum atomic E-state index is 9.83. The summed E-state index contributed by atoms with van der Waals surface area (Å²) in [6.45, 7) is 0. The molecule has 0 fully saturated rings. The van der Waals surface area contributed by atoms with Crippen molar-refractivity contribution >= 4 is 54.3 Å². The largest absolute Gasteiger partial charge is 0.472 e. The number of carbonyl (C=O) groups is 2. The van der Waals surface area contributed by atoms with E-state index in [-0.39, 0.29) is 0 Å². The summed E-state index contributed by atoms with van der Waals surface area (Å²) in [5.74, 6) is 0. The van der Waals surface area contributed by atoms with Crippen molar-refractivity contribution in [1.82, 2.24) is 0 Å². The fourth-order valence-corrected chi connectivity index (χ4v) is 2.19. The first-order chi connectivity index (χ1) is 5.13. The molecule has 9 heteroatoms. The second-order valence-corrected chi connectivity index (χ2v) is 4.57. The molecule has 0 radical (unpaired) electrons. The highest BCUT2D eigenvalue weighted by molar-refractivity contribution is 8.86. The summed E-state index contributed by atoms with van der Waals surface area (Å²) < 4.78 is 4.45. The molecule has 0 heterocycles. The Morgan fingerprint density at radius 1 is 1.00 bits per heavy atom. The van der Waals surface area contributed by atoms with Crippen LogP contribution in [-0.2, 0) is 3.63 Å². The van der Waals surface area contributed by atoms with Crippen LogP contribution in [0.15, 0.2) is 0 Å². The van der Waals surface area contributed by atoms with Crippen molar-refractivity contribution < 1.29 is 23.4 Å². The fourth-order valence-electron chi connectivity index (χ4n) is 0.0973. The van der Waals surface area contributed by atoms with E-state index in [2.05, 4.69) is 3.63 Å². The second kappa shape index (κ2) is 6.98. The van der Waals surface area contributed by atoms with Gasteiger partial charge in [-0.2, -0.15) is 0 Å². The molecule has 0 aliphatic carbocycles. The van der Waals surface area contributed by atoms with E-state index in [1.54, 1.807) is 0 Å². The lowest BCUT2D eigenvalue weighted by Crippen LogP contribution is -1.78. The summed E-state index contributed by atoms with van der Waals surface area (Å²) in [5, 5.41) is 13.9. The van der Waals surface area contributed by atoms with Gasteiger partial charge in [-0.05, 0) is 0 Å². The van der Waals surface area contributed by atoms with Crippen molar-refractivity contribution in [3.05, 3.63) is 0 Å². The van der Waals surface area contributed by atoms with Gasteiger partial charge in [0.25, 0.3) is 0 Å². The van der Waals surface area contributed by atoms with Gasteiger partial charge in [0.05, 0.1) is 43.7 Å². The SMILES string of the molecule is O=C(O)SSOSSC(=O)O. The molecule has 5 nitrogen and oxygen atoms in total. The van der Waals surface area contributed by atoms with Crippen molar-refractivity contribution in [3.63, 3.8) is 0 Å². The molecule has 0 spiro atoms. The predicted molar refractivity (Wildman–Crippen MR) is 47.5 cm³/mol. The highest BCUT2D eigenvalue weighted by atomic mass is 33.2. The van der Waals surface area contributed by atoms with Gasteiger partial charge in [-0.15, -0.1) is 0 Å². The van der Waals surface area contributed by atoms with Crippen LogP contribution in [0.5, 0.6) is 0 Å². The van der Waals surface area contributed by atoms with Gasteiger partial charge in [0.15, 0.2) is 0 Å². The molecule has 0 bridgehead atoms. The summed E-state index contributed by atoms with van der Waals surface area (Å²) in [6.07, 6.45) is 0. The number of hydrogen-bond donors (Lipinski definition) is 2. The summed E-state index contributed by atoms with van der Waals surface area (Å²) >= 11 is 1.20. The zero-order chi connectivity index (χ0) is 8.69. The van der Waals surface area contributed by atoms with E-state index < -0.39 is 10.6 Å². The van der Waals surface area contributed by atoms with E-state index >= 15 is 0 Å². The van der Waals surface area contributed by atoms with E-state index in [9.17, 15) is 9.59 Å². The van der Waals surface area contributed by atoms with Crippen molar-refractivity contribution in [2.24, 2.45) is 0 Å². The van der Waals surface area contributed by atoms with Crippen molar-refractivity contribution in [2.75, 3.05) is 0 Å². The molecular formula is C2H2O5S4. The molecule has 0 aromatic carbocycles. The summed E-state index contributed by atoms with van der Waals surface area (Å²) in [7, 11) is 0.934. The van der Waals surface area contributed by atoms with Crippen LogP contribution in [0.4, 0.5) is 9.59 Å². The molecule has 11 heavy (non-hydrogen) atoms. The number of rotatable bonds is 4. The molecule has 0 aromatic rings. The fraction of sp³-hybridized carbons (Fsp3) is 0. The zero-order valence-corrected chi connectivity index (χ0v) is 8.02. The molecule has 0 rings (SSSR count). The van der Waals surface area contributed by atoms with Crippen LogP contribution in [0.25, 0.3) is 0 Å². The highest BCUT2D eigenvalue weighted by Crippen LogP contribution is 2.34. The molecule has 0 saturated heterocycles. The lowest BCUT2D eigenvalue weighted by Gasteiger charge is -1.92. The van der Waals surface area contributed by atoms with Crippen LogP contribution in [-0.4, -0.2) is 20.8 Å². The minimum atomic E-state index is -1.09. The third-order valence-corrected chi connectivity index (χ3v) is 3.40. The van der Waals surface area contributed by atoms with Crippen molar-refractivity contribution in [2.45, 2.75) is 0 Å². The zero-order valence-electron chi connectivity index (χ0n) is 4.75. The Hall–Kier alpha value is 0.300. The van der Waals surface area contributed by atoms with Crippen molar-refractivity contribution in [1.29, 1.82) is 0 Å². The normalized spacial score (nSPS) is 9.45. The Bertz CT molecular complexity index is 131. The molecule has 0 aliphatic heterocycles. The number of hydrogen-bond acceptors (Lipinski definition) is 7. The predicted octanol–water partition coefficient (Wildman–Crippen LogP) is 2.95. The molecule has 0 amide bonds. The molecule has 0 saturated carbocycles. The van der Waals surface area contributed by atoms with Crippen LogP contribution in [0, 0.1) is 0 Å². The van der Waals surface area contributed by atoms with E-state index in [0.717, 1.165) is 0 Å². The van der Waals surface area contributed by atoms with Gasteiger partial charge in [0.1, 0.15) is 0 Å². The van der Waals surface area contributed by atoms with E-state index in [4.69, 9.17) is 10.2 Å². The lowest BCUT2D eigenvalue weighted by molar-refractivity contribution is 0.221. The molecule has 2 N–H and O–H groups in total. The van der Waals surface area contributed by atoms with E-state index in [0.29, 0.717) is 43.7 Å². The Labute approximate surface area is 77.8 Å². The Balaban J connectivity index is 3.03. The second-order valence-electron chi connectivity index (χ2n) is 0.903. The molecule has 0 aromatic heterocycles. The van der Waals surface area contributed by atoms with Gasteiger partial charge in [-0.3, -0.25) is 0 Å². The molecule has 0 atom stereocenters. The minimum Gasteiger partial charge on any atom is -0.472 e. The van der Waals surface area contributed by atoms with Crippen LogP contribution in [0.3, 0.4) is 0 Å². The topological polar surface area (TPSA) is 83.8 Å². The van der Waals surface area contributed by atoms with Gasteiger partial charge >= 0.3 is 10.6 Å². The molecule has 64 valence electrons. The van der Waals surface area contributed by atoms with Crippen LogP contribution >= 0.6 is 43.7 Å². The summed E-state index contributed by atoms with van der Waals surface area (Å²) in [4.78, 5) is 19.7. The van der Waals surface area contributed by atoms with Crippen LogP contribution in [0.1, 0.15) is 0 Å². The van der Waals surface area contributed by atoms with Crippen LogP contribution < -0.4 is 0 Å². The van der Waals surface area contributed by atoms with Crippen LogP contribution in [0.2, 0.25) is 0 Å². The Morgan fingerprint density at radius 3 is 1.64 bits per heavy atom. The van der Waals surface area contributed by atoms with Crippen molar-refractivity contribution in [3.8, 4) is 0 Å². The Kier molecular flexibility index (Phi) is 7.17. The average Bonchev–Trinajstić information content (AvgIpc) is 1.85. The Morgan fingerprint density at radius 2 is 1.36 bits per heavy atom. The van der Waals surface area contributed by atoms with E-state index in [1.807, 2.05) is 0 Å². The standard InChI is InChI=1S/C2H2O5S4/c3-1(4)8-10-7-11-9-2(5)6/h(H,3,4)(H,5,6). The minimum absolute atomic E-state index is 0.467. The van der Waals surface area contributed by atoms with E-state index in [1.165, 1.54) is 0 Å². The third-order valence-electron chi connectivity index (χ3n) is 0.266. The maximum Gasteiger partial charge on any atom is 0.377 e. The molecule has 0 aliphatic rings. The lowest BCUT2D eigenvalue weighted by atomic mass is 11.6.